The van der Waals surface area contributed by atoms with Gasteiger partial charge in [0.05, 0.1) is 18.4 Å². The molecule has 29 heavy (non-hydrogen) atoms. The molecule has 1 aromatic carbocycles. The van der Waals surface area contributed by atoms with E-state index in [1.165, 1.54) is 24.5 Å². The van der Waals surface area contributed by atoms with Gasteiger partial charge < -0.3 is 15.8 Å². The fourth-order valence-electron chi connectivity index (χ4n) is 3.45. The fourth-order valence-corrected chi connectivity index (χ4v) is 4.76. The van der Waals surface area contributed by atoms with Crippen molar-refractivity contribution < 1.29 is 13.9 Å². The van der Waals surface area contributed by atoms with Crippen molar-refractivity contribution in [2.24, 2.45) is 22.6 Å². The van der Waals surface area contributed by atoms with Crippen LogP contribution in [0.2, 0.25) is 0 Å². The summed E-state index contributed by atoms with van der Waals surface area (Å²) in [5.74, 6) is 2.36. The molecule has 148 valence electrons. The maximum absolute atomic E-state index is 14.5. The highest BCUT2D eigenvalue weighted by Gasteiger charge is 2.55. The highest BCUT2D eigenvalue weighted by molar-refractivity contribution is 8.14. The van der Waals surface area contributed by atoms with Gasteiger partial charge in [-0.05, 0) is 24.1 Å². The van der Waals surface area contributed by atoms with Gasteiger partial charge in [-0.2, -0.15) is 0 Å². The summed E-state index contributed by atoms with van der Waals surface area (Å²) in [7, 11) is 0. The van der Waals surface area contributed by atoms with Crippen LogP contribution in [0.5, 0.6) is 5.88 Å². The summed E-state index contributed by atoms with van der Waals surface area (Å²) < 4.78 is 19.7. The van der Waals surface area contributed by atoms with E-state index >= 15 is 0 Å². The standard InChI is InChI=1S/C20H18FN5O2S/c1-3-6-28-15-9-23-14(8-24-15)19(27)25-11-4-5-13(21)12(7-11)17-16-10(2)18(16)29-20(22)26-17/h1,4-5,7-10,16-18H,6H2,2H3,(H2,22,26)(H,25,27). The lowest BCUT2D eigenvalue weighted by Gasteiger charge is -2.19. The summed E-state index contributed by atoms with van der Waals surface area (Å²) in [6.45, 7) is 2.17. The number of amides is 1. The number of nitrogens with zero attached hydrogens (tertiary/aromatic N) is 3. The first-order valence-electron chi connectivity index (χ1n) is 8.97. The number of terminal acetylenes is 1. The van der Waals surface area contributed by atoms with Crippen molar-refractivity contribution in [3.8, 4) is 18.2 Å². The molecule has 1 fully saturated rings. The number of ether oxygens (including phenoxy) is 1. The van der Waals surface area contributed by atoms with Crippen LogP contribution in [0.3, 0.4) is 0 Å². The second-order valence-electron chi connectivity index (χ2n) is 6.85. The van der Waals surface area contributed by atoms with Crippen LogP contribution in [-0.2, 0) is 0 Å². The molecule has 1 aliphatic heterocycles. The van der Waals surface area contributed by atoms with Gasteiger partial charge in [0.25, 0.3) is 5.91 Å². The topological polar surface area (TPSA) is 102 Å². The minimum absolute atomic E-state index is 0.0612. The molecule has 9 heteroatoms. The number of nitrogens with two attached hydrogens (primary N) is 1. The number of rotatable bonds is 5. The van der Waals surface area contributed by atoms with Gasteiger partial charge in [0.15, 0.2) is 11.8 Å². The Morgan fingerprint density at radius 1 is 1.41 bits per heavy atom. The first-order valence-corrected chi connectivity index (χ1v) is 9.85. The van der Waals surface area contributed by atoms with Gasteiger partial charge in [0.1, 0.15) is 11.5 Å². The van der Waals surface area contributed by atoms with E-state index in [0.717, 1.165) is 0 Å². The Kier molecular flexibility index (Phi) is 5.11. The lowest BCUT2D eigenvalue weighted by molar-refractivity contribution is 0.102. The first-order chi connectivity index (χ1) is 14.0. The normalized spacial score (nSPS) is 24.7. The monoisotopic (exact) mass is 411 g/mol. The molecule has 1 aromatic heterocycles. The van der Waals surface area contributed by atoms with Crippen LogP contribution in [0.4, 0.5) is 10.1 Å². The Bertz CT molecular complexity index is 1020. The minimum atomic E-state index is -0.474. The Morgan fingerprint density at radius 3 is 2.97 bits per heavy atom. The van der Waals surface area contributed by atoms with Gasteiger partial charge in [0.2, 0.25) is 5.88 Å². The number of fused-ring (bicyclic) bond motifs is 1. The number of aliphatic imine (C=N–C) groups is 1. The quantitative estimate of drug-likeness (QED) is 0.734. The highest BCUT2D eigenvalue weighted by Crippen LogP contribution is 2.58. The van der Waals surface area contributed by atoms with Crippen molar-refractivity contribution >= 4 is 28.5 Å². The summed E-state index contributed by atoms with van der Waals surface area (Å²) >= 11 is 1.55. The highest BCUT2D eigenvalue weighted by atomic mass is 32.2. The van der Waals surface area contributed by atoms with E-state index < -0.39 is 5.91 Å². The maximum atomic E-state index is 14.5. The van der Waals surface area contributed by atoms with Crippen molar-refractivity contribution in [3.63, 3.8) is 0 Å². The molecule has 7 nitrogen and oxygen atoms in total. The van der Waals surface area contributed by atoms with Crippen molar-refractivity contribution in [1.29, 1.82) is 0 Å². The van der Waals surface area contributed by atoms with E-state index in [1.54, 1.807) is 17.8 Å². The van der Waals surface area contributed by atoms with Gasteiger partial charge in [-0.3, -0.25) is 9.79 Å². The molecule has 4 unspecified atom stereocenters. The van der Waals surface area contributed by atoms with Crippen LogP contribution in [0, 0.1) is 30.0 Å². The molecule has 1 saturated carbocycles. The molecule has 2 aromatic rings. The molecule has 0 radical (unpaired) electrons. The Morgan fingerprint density at radius 2 is 2.24 bits per heavy atom. The lowest BCUT2D eigenvalue weighted by Crippen LogP contribution is -2.18. The zero-order valence-corrected chi connectivity index (χ0v) is 16.3. The molecule has 2 aliphatic rings. The zero-order chi connectivity index (χ0) is 20.5. The maximum Gasteiger partial charge on any atom is 0.275 e. The lowest BCUT2D eigenvalue weighted by atomic mass is 10.0. The van der Waals surface area contributed by atoms with Gasteiger partial charge in [-0.25, -0.2) is 14.4 Å². The van der Waals surface area contributed by atoms with Gasteiger partial charge in [0, 0.05) is 22.4 Å². The second-order valence-corrected chi connectivity index (χ2v) is 8.05. The third-order valence-electron chi connectivity index (χ3n) is 4.99. The van der Waals surface area contributed by atoms with Crippen LogP contribution in [0.25, 0.3) is 0 Å². The van der Waals surface area contributed by atoms with Gasteiger partial charge >= 0.3 is 0 Å². The molecule has 0 spiro atoms. The number of carbonyl (C=O) groups excluding carboxylic acids is 1. The third-order valence-corrected chi connectivity index (χ3v) is 6.35. The summed E-state index contributed by atoms with van der Waals surface area (Å²) in [4.78, 5) is 24.9. The molecule has 4 atom stereocenters. The van der Waals surface area contributed by atoms with E-state index in [1.807, 2.05) is 0 Å². The van der Waals surface area contributed by atoms with Crippen LogP contribution in [0.15, 0.2) is 35.6 Å². The van der Waals surface area contributed by atoms with E-state index in [-0.39, 0.29) is 36.0 Å². The number of thioether (sulfide) groups is 1. The number of benzene rings is 1. The number of nitrogens with one attached hydrogen (secondary N) is 1. The number of aromatic nitrogens is 2. The molecular formula is C20H18FN5O2S. The fraction of sp³-hybridized carbons (Fsp3) is 0.300. The van der Waals surface area contributed by atoms with Crippen molar-refractivity contribution in [1.82, 2.24) is 9.97 Å². The first kappa shape index (κ1) is 19.2. The van der Waals surface area contributed by atoms with Crippen LogP contribution in [-0.4, -0.2) is 32.9 Å². The summed E-state index contributed by atoms with van der Waals surface area (Å²) in [6, 6.07) is 4.07. The molecule has 0 bridgehead atoms. The second kappa shape index (κ2) is 7.72. The minimum Gasteiger partial charge on any atom is -0.463 e. The van der Waals surface area contributed by atoms with Crippen LogP contribution in [0.1, 0.15) is 29.0 Å². The van der Waals surface area contributed by atoms with E-state index in [9.17, 15) is 9.18 Å². The molecule has 1 amide bonds. The average Bonchev–Trinajstić information content (AvgIpc) is 3.37. The Labute approximate surface area is 171 Å². The van der Waals surface area contributed by atoms with Gasteiger partial charge in [-0.15, -0.1) is 6.42 Å². The van der Waals surface area contributed by atoms with Gasteiger partial charge in [-0.1, -0.05) is 24.6 Å². The molecule has 4 rings (SSSR count). The number of hydrogen-bond acceptors (Lipinski definition) is 7. The third kappa shape index (κ3) is 3.89. The zero-order valence-electron chi connectivity index (χ0n) is 15.5. The molecule has 0 saturated heterocycles. The average molecular weight is 411 g/mol. The molecule has 1 aliphatic carbocycles. The number of anilines is 1. The Hall–Kier alpha value is -3.12. The van der Waals surface area contributed by atoms with Crippen molar-refractivity contribution in [2.75, 3.05) is 11.9 Å². The predicted molar refractivity (Wildman–Crippen MR) is 109 cm³/mol. The number of carbonyl (C=O) groups is 1. The number of halogens is 1. The largest absolute Gasteiger partial charge is 0.463 e. The number of amidine groups is 1. The summed E-state index contributed by atoms with van der Waals surface area (Å²) in [6.07, 6.45) is 7.71. The van der Waals surface area contributed by atoms with Crippen molar-refractivity contribution in [2.45, 2.75) is 18.2 Å². The molecule has 3 N–H and O–H groups in total. The number of hydrogen-bond donors (Lipinski definition) is 2. The molecule has 2 heterocycles. The SMILES string of the molecule is C#CCOc1cnc(C(=O)Nc2ccc(F)c(C3N=C(N)SC4C(C)C34)c2)cn1. The van der Waals surface area contributed by atoms with E-state index in [0.29, 0.717) is 27.6 Å². The molecular weight excluding hydrogens is 393 g/mol. The predicted octanol–water partition coefficient (Wildman–Crippen LogP) is 2.62. The van der Waals surface area contributed by atoms with Crippen molar-refractivity contribution in [3.05, 3.63) is 47.7 Å². The van der Waals surface area contributed by atoms with Crippen LogP contribution >= 0.6 is 11.8 Å². The van der Waals surface area contributed by atoms with E-state index in [2.05, 4.69) is 33.1 Å². The Balaban J connectivity index is 1.51. The van der Waals surface area contributed by atoms with E-state index in [4.69, 9.17) is 16.9 Å². The van der Waals surface area contributed by atoms with Crippen LogP contribution < -0.4 is 15.8 Å². The summed E-state index contributed by atoms with van der Waals surface area (Å²) in [5, 5.41) is 3.54. The smallest absolute Gasteiger partial charge is 0.275 e. The summed E-state index contributed by atoms with van der Waals surface area (Å²) in [5.41, 5.74) is 6.88.